The van der Waals surface area contributed by atoms with Gasteiger partial charge in [-0.05, 0) is 42.7 Å². The first-order chi connectivity index (χ1) is 10.7. The predicted molar refractivity (Wildman–Crippen MR) is 90.1 cm³/mol. The van der Waals surface area contributed by atoms with Gasteiger partial charge in [-0.25, -0.2) is 0 Å². The molecule has 0 saturated carbocycles. The molecule has 0 spiro atoms. The van der Waals surface area contributed by atoms with Crippen molar-refractivity contribution in [3.63, 3.8) is 0 Å². The zero-order valence-electron chi connectivity index (χ0n) is 12.3. The van der Waals surface area contributed by atoms with Crippen LogP contribution in [0.3, 0.4) is 0 Å². The summed E-state index contributed by atoms with van der Waals surface area (Å²) in [5.41, 5.74) is 1.72. The SMILES string of the molecule is O=C(c1ccccc1OCc1cccc(Br)c1)N1CCCC1. The fourth-order valence-corrected chi connectivity index (χ4v) is 3.09. The Kier molecular flexibility index (Phi) is 4.78. The fourth-order valence-electron chi connectivity index (χ4n) is 2.65. The minimum atomic E-state index is 0.0716. The average Bonchev–Trinajstić information content (AvgIpc) is 3.07. The Labute approximate surface area is 139 Å². The largest absolute Gasteiger partial charge is 0.488 e. The van der Waals surface area contributed by atoms with Gasteiger partial charge >= 0.3 is 0 Å². The number of carbonyl (C=O) groups is 1. The molecule has 0 radical (unpaired) electrons. The Hall–Kier alpha value is -1.81. The fraction of sp³-hybridized carbons (Fsp3) is 0.278. The molecule has 0 bridgehead atoms. The summed E-state index contributed by atoms with van der Waals surface area (Å²) >= 11 is 3.45. The molecule has 1 aliphatic rings. The summed E-state index contributed by atoms with van der Waals surface area (Å²) in [6, 6.07) is 15.5. The molecular weight excluding hydrogens is 342 g/mol. The maximum atomic E-state index is 12.6. The lowest BCUT2D eigenvalue weighted by Gasteiger charge is -2.18. The Balaban J connectivity index is 1.75. The van der Waals surface area contributed by atoms with Gasteiger partial charge in [-0.3, -0.25) is 4.79 Å². The van der Waals surface area contributed by atoms with Crippen molar-refractivity contribution in [2.24, 2.45) is 0 Å². The van der Waals surface area contributed by atoms with Crippen LogP contribution in [0.4, 0.5) is 0 Å². The van der Waals surface area contributed by atoms with Crippen molar-refractivity contribution in [2.75, 3.05) is 13.1 Å². The van der Waals surface area contributed by atoms with Crippen LogP contribution < -0.4 is 4.74 Å². The molecule has 2 aromatic rings. The number of halogens is 1. The number of likely N-dealkylation sites (tertiary alicyclic amines) is 1. The lowest BCUT2D eigenvalue weighted by atomic mass is 10.1. The van der Waals surface area contributed by atoms with Crippen LogP contribution >= 0.6 is 15.9 Å². The molecule has 1 amide bonds. The molecule has 1 fully saturated rings. The van der Waals surface area contributed by atoms with Gasteiger partial charge in [0, 0.05) is 17.6 Å². The summed E-state index contributed by atoms with van der Waals surface area (Å²) in [5, 5.41) is 0. The van der Waals surface area contributed by atoms with Crippen LogP contribution in [-0.4, -0.2) is 23.9 Å². The zero-order valence-corrected chi connectivity index (χ0v) is 13.9. The lowest BCUT2D eigenvalue weighted by molar-refractivity contribution is 0.0788. The molecule has 0 N–H and O–H groups in total. The van der Waals surface area contributed by atoms with Crippen molar-refractivity contribution in [2.45, 2.75) is 19.4 Å². The molecule has 1 heterocycles. The van der Waals surface area contributed by atoms with Gasteiger partial charge < -0.3 is 9.64 Å². The number of ether oxygens (including phenoxy) is 1. The summed E-state index contributed by atoms with van der Waals surface area (Å²) in [6.45, 7) is 2.14. The molecule has 3 nitrogen and oxygen atoms in total. The predicted octanol–water partition coefficient (Wildman–Crippen LogP) is 4.26. The molecule has 22 heavy (non-hydrogen) atoms. The Morgan fingerprint density at radius 2 is 1.86 bits per heavy atom. The van der Waals surface area contributed by atoms with E-state index >= 15 is 0 Å². The van der Waals surface area contributed by atoms with Crippen LogP contribution in [0.5, 0.6) is 5.75 Å². The highest BCUT2D eigenvalue weighted by Gasteiger charge is 2.22. The van der Waals surface area contributed by atoms with Gasteiger partial charge in [0.05, 0.1) is 5.56 Å². The van der Waals surface area contributed by atoms with E-state index in [4.69, 9.17) is 4.74 Å². The second kappa shape index (κ2) is 6.97. The first kappa shape index (κ1) is 15.1. The third-order valence-corrected chi connectivity index (χ3v) is 4.29. The summed E-state index contributed by atoms with van der Waals surface area (Å²) in [7, 11) is 0. The van der Waals surface area contributed by atoms with Crippen molar-refractivity contribution in [3.8, 4) is 5.75 Å². The highest BCUT2D eigenvalue weighted by atomic mass is 79.9. The van der Waals surface area contributed by atoms with Crippen molar-refractivity contribution >= 4 is 21.8 Å². The van der Waals surface area contributed by atoms with E-state index in [1.54, 1.807) is 0 Å². The Bertz CT molecular complexity index is 666. The number of amides is 1. The number of benzene rings is 2. The van der Waals surface area contributed by atoms with Crippen LogP contribution in [0.25, 0.3) is 0 Å². The topological polar surface area (TPSA) is 29.5 Å². The standard InChI is InChI=1S/C18H18BrNO2/c19-15-7-5-6-14(12-15)13-22-17-9-2-1-8-16(17)18(21)20-10-3-4-11-20/h1-2,5-9,12H,3-4,10-11,13H2. The van der Waals surface area contributed by atoms with E-state index in [2.05, 4.69) is 15.9 Å². The number of carbonyl (C=O) groups excluding carboxylic acids is 1. The minimum absolute atomic E-state index is 0.0716. The maximum Gasteiger partial charge on any atom is 0.257 e. The van der Waals surface area contributed by atoms with Gasteiger partial charge in [0.25, 0.3) is 5.91 Å². The van der Waals surface area contributed by atoms with Crippen LogP contribution in [0.15, 0.2) is 53.0 Å². The van der Waals surface area contributed by atoms with E-state index in [0.29, 0.717) is 17.9 Å². The minimum Gasteiger partial charge on any atom is -0.488 e. The lowest BCUT2D eigenvalue weighted by Crippen LogP contribution is -2.28. The molecule has 2 aromatic carbocycles. The first-order valence-electron chi connectivity index (χ1n) is 7.49. The highest BCUT2D eigenvalue weighted by Crippen LogP contribution is 2.23. The summed E-state index contributed by atoms with van der Waals surface area (Å²) in [6.07, 6.45) is 2.18. The van der Waals surface area contributed by atoms with Gasteiger partial charge in [0.1, 0.15) is 12.4 Å². The van der Waals surface area contributed by atoms with Gasteiger partial charge in [-0.15, -0.1) is 0 Å². The summed E-state index contributed by atoms with van der Waals surface area (Å²) in [4.78, 5) is 14.5. The summed E-state index contributed by atoms with van der Waals surface area (Å²) < 4.78 is 6.91. The Morgan fingerprint density at radius 1 is 1.09 bits per heavy atom. The van der Waals surface area contributed by atoms with Gasteiger partial charge in [-0.1, -0.05) is 40.2 Å². The molecule has 0 atom stereocenters. The Morgan fingerprint density at radius 3 is 2.64 bits per heavy atom. The van der Waals surface area contributed by atoms with Crippen LogP contribution in [0.2, 0.25) is 0 Å². The normalized spacial score (nSPS) is 14.1. The molecule has 4 heteroatoms. The van der Waals surface area contributed by atoms with Gasteiger partial charge in [0.2, 0.25) is 0 Å². The van der Waals surface area contributed by atoms with E-state index in [-0.39, 0.29) is 5.91 Å². The average molecular weight is 360 g/mol. The molecule has 3 rings (SSSR count). The van der Waals surface area contributed by atoms with Gasteiger partial charge in [0.15, 0.2) is 0 Å². The van der Waals surface area contributed by atoms with Crippen molar-refractivity contribution < 1.29 is 9.53 Å². The van der Waals surface area contributed by atoms with Crippen LogP contribution in [0, 0.1) is 0 Å². The van der Waals surface area contributed by atoms with Crippen molar-refractivity contribution in [1.29, 1.82) is 0 Å². The van der Waals surface area contributed by atoms with Crippen molar-refractivity contribution in [3.05, 3.63) is 64.1 Å². The first-order valence-corrected chi connectivity index (χ1v) is 8.29. The molecule has 0 unspecified atom stereocenters. The smallest absolute Gasteiger partial charge is 0.257 e. The number of rotatable bonds is 4. The van der Waals surface area contributed by atoms with Gasteiger partial charge in [-0.2, -0.15) is 0 Å². The van der Waals surface area contributed by atoms with Crippen LogP contribution in [-0.2, 0) is 6.61 Å². The third-order valence-electron chi connectivity index (χ3n) is 3.79. The molecular formula is C18H18BrNO2. The monoisotopic (exact) mass is 359 g/mol. The third kappa shape index (κ3) is 3.50. The molecule has 0 aromatic heterocycles. The second-order valence-electron chi connectivity index (χ2n) is 5.41. The van der Waals surface area contributed by atoms with E-state index < -0.39 is 0 Å². The molecule has 0 aliphatic carbocycles. The van der Waals surface area contributed by atoms with E-state index in [9.17, 15) is 4.79 Å². The maximum absolute atomic E-state index is 12.6. The molecule has 114 valence electrons. The number of hydrogen-bond donors (Lipinski definition) is 0. The van der Waals surface area contributed by atoms with Crippen LogP contribution in [0.1, 0.15) is 28.8 Å². The second-order valence-corrected chi connectivity index (χ2v) is 6.33. The quantitative estimate of drug-likeness (QED) is 0.815. The van der Waals surface area contributed by atoms with E-state index in [1.165, 1.54) is 0 Å². The zero-order chi connectivity index (χ0) is 15.4. The van der Waals surface area contributed by atoms with Crippen molar-refractivity contribution in [1.82, 2.24) is 4.90 Å². The number of hydrogen-bond acceptors (Lipinski definition) is 2. The van der Waals surface area contributed by atoms with E-state index in [0.717, 1.165) is 36.0 Å². The number of para-hydroxylation sites is 1. The molecule has 1 aliphatic heterocycles. The summed E-state index contributed by atoms with van der Waals surface area (Å²) in [5.74, 6) is 0.724. The molecule has 1 saturated heterocycles. The highest BCUT2D eigenvalue weighted by molar-refractivity contribution is 9.10. The number of nitrogens with zero attached hydrogens (tertiary/aromatic N) is 1. The van der Waals surface area contributed by atoms with E-state index in [1.807, 2.05) is 53.4 Å².